The standard InChI is InChI=1S/C17H26ClNO/c1-13-7-8-14(15(18)11-13)12-16(20)17(2,3)19-9-5-4-6-10-19/h7-8,11,16,20H,4-6,9-10,12H2,1-3H3. The van der Waals surface area contributed by atoms with Crippen LogP contribution in [0.4, 0.5) is 0 Å². The Bertz CT molecular complexity index is 452. The molecule has 1 aliphatic heterocycles. The number of aliphatic hydroxyl groups excluding tert-OH is 1. The van der Waals surface area contributed by atoms with Gasteiger partial charge in [0.2, 0.25) is 0 Å². The van der Waals surface area contributed by atoms with Crippen molar-refractivity contribution in [2.24, 2.45) is 0 Å². The highest BCUT2D eigenvalue weighted by Crippen LogP contribution is 2.28. The van der Waals surface area contributed by atoms with Crippen molar-refractivity contribution in [1.29, 1.82) is 0 Å². The van der Waals surface area contributed by atoms with Gasteiger partial charge in [0.05, 0.1) is 6.10 Å². The first-order valence-electron chi connectivity index (χ1n) is 7.59. The van der Waals surface area contributed by atoms with E-state index < -0.39 is 6.10 Å². The third-order valence-electron chi connectivity index (χ3n) is 4.61. The lowest BCUT2D eigenvalue weighted by molar-refractivity contribution is -0.0186. The van der Waals surface area contributed by atoms with Crippen LogP contribution in [0.5, 0.6) is 0 Å². The monoisotopic (exact) mass is 295 g/mol. The summed E-state index contributed by atoms with van der Waals surface area (Å²) in [6.07, 6.45) is 4.00. The number of likely N-dealkylation sites (tertiary alicyclic amines) is 1. The predicted octanol–water partition coefficient (Wildman–Crippen LogP) is 3.82. The molecule has 1 atom stereocenters. The second kappa shape index (κ2) is 6.46. The van der Waals surface area contributed by atoms with Gasteiger partial charge in [0.15, 0.2) is 0 Å². The Hall–Kier alpha value is -0.570. The quantitative estimate of drug-likeness (QED) is 0.913. The third kappa shape index (κ3) is 3.55. The summed E-state index contributed by atoms with van der Waals surface area (Å²) in [6, 6.07) is 6.06. The minimum Gasteiger partial charge on any atom is -0.391 e. The summed E-state index contributed by atoms with van der Waals surface area (Å²) < 4.78 is 0. The van der Waals surface area contributed by atoms with E-state index in [9.17, 15) is 5.11 Å². The smallest absolute Gasteiger partial charge is 0.0759 e. The van der Waals surface area contributed by atoms with Gasteiger partial charge >= 0.3 is 0 Å². The van der Waals surface area contributed by atoms with Crippen LogP contribution in [0.2, 0.25) is 5.02 Å². The molecule has 2 rings (SSSR count). The molecule has 1 saturated heterocycles. The van der Waals surface area contributed by atoms with Crippen molar-refractivity contribution in [3.8, 4) is 0 Å². The summed E-state index contributed by atoms with van der Waals surface area (Å²) in [6.45, 7) is 8.50. The molecule has 0 amide bonds. The van der Waals surface area contributed by atoms with E-state index in [0.717, 1.165) is 29.2 Å². The predicted molar refractivity (Wildman–Crippen MR) is 85.4 cm³/mol. The Morgan fingerprint density at radius 1 is 1.25 bits per heavy atom. The first-order chi connectivity index (χ1) is 9.41. The van der Waals surface area contributed by atoms with E-state index in [-0.39, 0.29) is 5.54 Å². The molecule has 0 bridgehead atoms. The third-order valence-corrected chi connectivity index (χ3v) is 4.96. The van der Waals surface area contributed by atoms with Gasteiger partial charge in [-0.3, -0.25) is 4.90 Å². The van der Waals surface area contributed by atoms with E-state index in [4.69, 9.17) is 11.6 Å². The lowest BCUT2D eigenvalue weighted by Crippen LogP contribution is -2.54. The zero-order chi connectivity index (χ0) is 14.8. The molecule has 1 heterocycles. The summed E-state index contributed by atoms with van der Waals surface area (Å²) in [7, 11) is 0. The van der Waals surface area contributed by atoms with Gasteiger partial charge in [-0.15, -0.1) is 0 Å². The van der Waals surface area contributed by atoms with Crippen molar-refractivity contribution in [3.05, 3.63) is 34.3 Å². The van der Waals surface area contributed by atoms with Gasteiger partial charge in [-0.2, -0.15) is 0 Å². The summed E-state index contributed by atoms with van der Waals surface area (Å²) in [4.78, 5) is 2.42. The summed E-state index contributed by atoms with van der Waals surface area (Å²) in [5, 5.41) is 11.4. The normalized spacial score (nSPS) is 19.1. The highest BCUT2D eigenvalue weighted by Gasteiger charge is 2.35. The fourth-order valence-electron chi connectivity index (χ4n) is 2.96. The Morgan fingerprint density at radius 3 is 2.50 bits per heavy atom. The van der Waals surface area contributed by atoms with Crippen molar-refractivity contribution in [1.82, 2.24) is 4.90 Å². The molecule has 1 aliphatic rings. The van der Waals surface area contributed by atoms with Crippen LogP contribution in [-0.2, 0) is 6.42 Å². The highest BCUT2D eigenvalue weighted by molar-refractivity contribution is 6.31. The van der Waals surface area contributed by atoms with E-state index in [1.165, 1.54) is 19.3 Å². The van der Waals surface area contributed by atoms with E-state index in [1.54, 1.807) is 0 Å². The van der Waals surface area contributed by atoms with Crippen LogP contribution in [0.1, 0.15) is 44.2 Å². The van der Waals surface area contributed by atoms with E-state index in [2.05, 4.69) is 24.8 Å². The van der Waals surface area contributed by atoms with Crippen molar-refractivity contribution >= 4 is 11.6 Å². The molecule has 0 saturated carbocycles. The Kier molecular flexibility index (Phi) is 5.11. The van der Waals surface area contributed by atoms with Gasteiger partial charge < -0.3 is 5.11 Å². The number of halogens is 1. The van der Waals surface area contributed by atoms with Crippen LogP contribution in [0.15, 0.2) is 18.2 Å². The maximum Gasteiger partial charge on any atom is 0.0759 e. The fourth-order valence-corrected chi connectivity index (χ4v) is 3.27. The molecule has 0 spiro atoms. The number of nitrogens with zero attached hydrogens (tertiary/aromatic N) is 1. The average molecular weight is 296 g/mol. The number of hydrogen-bond donors (Lipinski definition) is 1. The molecule has 1 N–H and O–H groups in total. The van der Waals surface area contributed by atoms with E-state index in [0.29, 0.717) is 6.42 Å². The van der Waals surface area contributed by atoms with Crippen LogP contribution in [0.3, 0.4) is 0 Å². The molecule has 1 unspecified atom stereocenters. The van der Waals surface area contributed by atoms with Gasteiger partial charge in [0.25, 0.3) is 0 Å². The van der Waals surface area contributed by atoms with Crippen LogP contribution in [-0.4, -0.2) is 34.7 Å². The maximum atomic E-state index is 10.7. The molecule has 20 heavy (non-hydrogen) atoms. The lowest BCUT2D eigenvalue weighted by Gasteiger charge is -2.44. The van der Waals surface area contributed by atoms with Gasteiger partial charge in [-0.05, 0) is 63.9 Å². The molecule has 2 nitrogen and oxygen atoms in total. The van der Waals surface area contributed by atoms with Crippen molar-refractivity contribution in [2.75, 3.05) is 13.1 Å². The Balaban J connectivity index is 2.07. The van der Waals surface area contributed by atoms with Crippen molar-refractivity contribution in [3.63, 3.8) is 0 Å². The number of hydrogen-bond acceptors (Lipinski definition) is 2. The molecule has 1 fully saturated rings. The molecular weight excluding hydrogens is 270 g/mol. The van der Waals surface area contributed by atoms with Crippen LogP contribution in [0, 0.1) is 6.92 Å². The fraction of sp³-hybridized carbons (Fsp3) is 0.647. The number of piperidine rings is 1. The van der Waals surface area contributed by atoms with Crippen LogP contribution >= 0.6 is 11.6 Å². The number of aryl methyl sites for hydroxylation is 1. The molecule has 1 aromatic rings. The molecule has 0 radical (unpaired) electrons. The van der Waals surface area contributed by atoms with E-state index in [1.807, 2.05) is 19.1 Å². The SMILES string of the molecule is Cc1ccc(CC(O)C(C)(C)N2CCCCC2)c(Cl)c1. The summed E-state index contributed by atoms with van der Waals surface area (Å²) >= 11 is 6.28. The minimum atomic E-state index is -0.402. The highest BCUT2D eigenvalue weighted by atomic mass is 35.5. The number of aliphatic hydroxyl groups is 1. The second-order valence-electron chi connectivity index (χ2n) is 6.52. The van der Waals surface area contributed by atoms with Gasteiger partial charge in [0, 0.05) is 17.0 Å². The lowest BCUT2D eigenvalue weighted by atomic mass is 9.88. The second-order valence-corrected chi connectivity index (χ2v) is 6.92. The molecule has 1 aromatic carbocycles. The molecule has 3 heteroatoms. The summed E-state index contributed by atoms with van der Waals surface area (Å²) in [5.41, 5.74) is 1.99. The largest absolute Gasteiger partial charge is 0.391 e. The zero-order valence-electron chi connectivity index (χ0n) is 12.8. The van der Waals surface area contributed by atoms with E-state index >= 15 is 0 Å². The average Bonchev–Trinajstić information content (AvgIpc) is 2.42. The molecule has 0 aromatic heterocycles. The summed E-state index contributed by atoms with van der Waals surface area (Å²) in [5.74, 6) is 0. The zero-order valence-corrected chi connectivity index (χ0v) is 13.6. The molecule has 112 valence electrons. The van der Waals surface area contributed by atoms with Crippen LogP contribution < -0.4 is 0 Å². The maximum absolute atomic E-state index is 10.7. The van der Waals surface area contributed by atoms with Gasteiger partial charge in [-0.1, -0.05) is 30.2 Å². The van der Waals surface area contributed by atoms with Gasteiger partial charge in [-0.25, -0.2) is 0 Å². The topological polar surface area (TPSA) is 23.5 Å². The van der Waals surface area contributed by atoms with Crippen molar-refractivity contribution in [2.45, 2.75) is 58.1 Å². The first-order valence-corrected chi connectivity index (χ1v) is 7.97. The number of rotatable bonds is 4. The number of benzene rings is 1. The first kappa shape index (κ1) is 15.8. The minimum absolute atomic E-state index is 0.200. The Morgan fingerprint density at radius 2 is 1.90 bits per heavy atom. The van der Waals surface area contributed by atoms with Crippen LogP contribution in [0.25, 0.3) is 0 Å². The van der Waals surface area contributed by atoms with Gasteiger partial charge in [0.1, 0.15) is 0 Å². The Labute approximate surface area is 127 Å². The van der Waals surface area contributed by atoms with Crippen molar-refractivity contribution < 1.29 is 5.11 Å². The molecule has 0 aliphatic carbocycles. The molecular formula is C17H26ClNO.